The molecule has 0 heterocycles. The van der Waals surface area contributed by atoms with Crippen LogP contribution in [-0.2, 0) is 10.3 Å². The molecule has 1 aromatic carbocycles. The lowest BCUT2D eigenvalue weighted by Gasteiger charge is -2.26. The fraction of sp³-hybridized carbons (Fsp3) is 0.538. The SMILES string of the molecule is Cc1ccc(C(C)(C)OCCCO)cc1. The lowest BCUT2D eigenvalue weighted by Crippen LogP contribution is -2.22. The third kappa shape index (κ3) is 3.65. The van der Waals surface area contributed by atoms with E-state index >= 15 is 0 Å². The molecule has 15 heavy (non-hydrogen) atoms. The zero-order chi connectivity index (χ0) is 11.3. The average molecular weight is 208 g/mol. The minimum atomic E-state index is -0.275. The van der Waals surface area contributed by atoms with E-state index in [1.54, 1.807) is 0 Å². The maximum Gasteiger partial charge on any atom is 0.0875 e. The molecule has 1 aromatic rings. The molecular formula is C13H20O2. The molecule has 0 aromatic heterocycles. The highest BCUT2D eigenvalue weighted by atomic mass is 16.5. The van der Waals surface area contributed by atoms with E-state index in [2.05, 4.69) is 45.0 Å². The summed E-state index contributed by atoms with van der Waals surface area (Å²) in [5.41, 5.74) is 2.15. The van der Waals surface area contributed by atoms with Gasteiger partial charge in [0.05, 0.1) is 5.60 Å². The van der Waals surface area contributed by atoms with Gasteiger partial charge in [-0.3, -0.25) is 0 Å². The Kier molecular flexibility index (Phi) is 4.30. The van der Waals surface area contributed by atoms with E-state index in [9.17, 15) is 0 Å². The van der Waals surface area contributed by atoms with Crippen LogP contribution in [-0.4, -0.2) is 18.3 Å². The van der Waals surface area contributed by atoms with Crippen molar-refractivity contribution in [1.29, 1.82) is 0 Å². The molecule has 0 aliphatic rings. The van der Waals surface area contributed by atoms with Gasteiger partial charge in [0.15, 0.2) is 0 Å². The number of rotatable bonds is 5. The molecule has 0 aliphatic carbocycles. The number of benzene rings is 1. The first-order valence-corrected chi connectivity index (χ1v) is 5.38. The topological polar surface area (TPSA) is 29.5 Å². The van der Waals surface area contributed by atoms with Crippen molar-refractivity contribution in [3.63, 3.8) is 0 Å². The Bertz CT molecular complexity index is 288. The lowest BCUT2D eigenvalue weighted by atomic mass is 9.97. The van der Waals surface area contributed by atoms with E-state index in [1.165, 1.54) is 11.1 Å². The van der Waals surface area contributed by atoms with Crippen LogP contribution in [0.25, 0.3) is 0 Å². The van der Waals surface area contributed by atoms with E-state index < -0.39 is 0 Å². The van der Waals surface area contributed by atoms with Crippen molar-refractivity contribution in [1.82, 2.24) is 0 Å². The standard InChI is InChI=1S/C13H20O2/c1-11-5-7-12(8-6-11)13(2,3)15-10-4-9-14/h5-8,14H,4,9-10H2,1-3H3. The largest absolute Gasteiger partial charge is 0.396 e. The summed E-state index contributed by atoms with van der Waals surface area (Å²) in [6.45, 7) is 6.95. The predicted molar refractivity (Wildman–Crippen MR) is 61.9 cm³/mol. The number of ether oxygens (including phenoxy) is 1. The number of aliphatic hydroxyl groups excluding tert-OH is 1. The molecule has 0 aliphatic heterocycles. The highest BCUT2D eigenvalue weighted by Crippen LogP contribution is 2.24. The highest BCUT2D eigenvalue weighted by molar-refractivity contribution is 5.25. The predicted octanol–water partition coefficient (Wildman–Crippen LogP) is 2.63. The zero-order valence-electron chi connectivity index (χ0n) is 9.79. The van der Waals surface area contributed by atoms with Crippen LogP contribution in [0.2, 0.25) is 0 Å². The molecule has 84 valence electrons. The Morgan fingerprint density at radius 2 is 1.80 bits per heavy atom. The van der Waals surface area contributed by atoms with Gasteiger partial charge < -0.3 is 9.84 Å². The molecule has 0 bridgehead atoms. The fourth-order valence-corrected chi connectivity index (χ4v) is 1.43. The molecule has 0 saturated carbocycles. The third-order valence-electron chi connectivity index (χ3n) is 2.51. The fourth-order valence-electron chi connectivity index (χ4n) is 1.43. The van der Waals surface area contributed by atoms with Gasteiger partial charge in [-0.15, -0.1) is 0 Å². The summed E-state index contributed by atoms with van der Waals surface area (Å²) in [6.07, 6.45) is 0.690. The van der Waals surface area contributed by atoms with Crippen molar-refractivity contribution in [2.75, 3.05) is 13.2 Å². The minimum Gasteiger partial charge on any atom is -0.396 e. The maximum atomic E-state index is 8.69. The molecule has 0 atom stereocenters. The highest BCUT2D eigenvalue weighted by Gasteiger charge is 2.20. The number of aryl methyl sites for hydroxylation is 1. The van der Waals surface area contributed by atoms with Gasteiger partial charge >= 0.3 is 0 Å². The van der Waals surface area contributed by atoms with Gasteiger partial charge in [0, 0.05) is 13.2 Å². The Morgan fingerprint density at radius 3 is 2.33 bits per heavy atom. The molecule has 2 heteroatoms. The molecule has 1 N–H and O–H groups in total. The molecule has 2 nitrogen and oxygen atoms in total. The molecule has 0 amide bonds. The summed E-state index contributed by atoms with van der Waals surface area (Å²) in [5.74, 6) is 0. The smallest absolute Gasteiger partial charge is 0.0875 e. The van der Waals surface area contributed by atoms with Crippen molar-refractivity contribution in [2.24, 2.45) is 0 Å². The summed E-state index contributed by atoms with van der Waals surface area (Å²) in [6, 6.07) is 8.36. The maximum absolute atomic E-state index is 8.69. The quantitative estimate of drug-likeness (QED) is 0.754. The molecule has 0 saturated heterocycles. The van der Waals surface area contributed by atoms with E-state index in [4.69, 9.17) is 9.84 Å². The first-order valence-electron chi connectivity index (χ1n) is 5.38. The lowest BCUT2D eigenvalue weighted by molar-refractivity contribution is -0.0268. The third-order valence-corrected chi connectivity index (χ3v) is 2.51. The summed E-state index contributed by atoms with van der Waals surface area (Å²) in [7, 11) is 0. The van der Waals surface area contributed by atoms with Crippen LogP contribution in [0, 0.1) is 6.92 Å². The van der Waals surface area contributed by atoms with Gasteiger partial charge in [0.1, 0.15) is 0 Å². The van der Waals surface area contributed by atoms with Crippen LogP contribution in [0.15, 0.2) is 24.3 Å². The van der Waals surface area contributed by atoms with Crippen molar-refractivity contribution in [3.8, 4) is 0 Å². The van der Waals surface area contributed by atoms with Gasteiger partial charge in [-0.25, -0.2) is 0 Å². The molecule has 0 spiro atoms. The van der Waals surface area contributed by atoms with E-state index in [0.717, 1.165) is 0 Å². The molecule has 0 radical (unpaired) electrons. The Morgan fingerprint density at radius 1 is 1.20 bits per heavy atom. The normalized spacial score (nSPS) is 11.7. The Balaban J connectivity index is 2.63. The van der Waals surface area contributed by atoms with Crippen molar-refractivity contribution in [2.45, 2.75) is 32.8 Å². The van der Waals surface area contributed by atoms with Crippen molar-refractivity contribution >= 4 is 0 Å². The first kappa shape index (κ1) is 12.2. The van der Waals surface area contributed by atoms with Gasteiger partial charge in [0.2, 0.25) is 0 Å². The van der Waals surface area contributed by atoms with Crippen LogP contribution in [0.4, 0.5) is 0 Å². The van der Waals surface area contributed by atoms with Gasteiger partial charge in [0.25, 0.3) is 0 Å². The minimum absolute atomic E-state index is 0.185. The van der Waals surface area contributed by atoms with Crippen LogP contribution in [0.5, 0.6) is 0 Å². The summed E-state index contributed by atoms with van der Waals surface area (Å²) < 4.78 is 5.74. The summed E-state index contributed by atoms with van der Waals surface area (Å²) in [5, 5.41) is 8.69. The summed E-state index contributed by atoms with van der Waals surface area (Å²) >= 11 is 0. The first-order chi connectivity index (χ1) is 7.06. The van der Waals surface area contributed by atoms with Gasteiger partial charge in [-0.05, 0) is 32.8 Å². The molecule has 1 rings (SSSR count). The Hall–Kier alpha value is -0.860. The second-order valence-electron chi connectivity index (χ2n) is 4.30. The second-order valence-corrected chi connectivity index (χ2v) is 4.30. The number of hydrogen-bond acceptors (Lipinski definition) is 2. The Labute approximate surface area is 91.9 Å². The molecule has 0 fully saturated rings. The van der Waals surface area contributed by atoms with E-state index in [1.807, 2.05) is 0 Å². The second kappa shape index (κ2) is 5.29. The van der Waals surface area contributed by atoms with Gasteiger partial charge in [-0.2, -0.15) is 0 Å². The van der Waals surface area contributed by atoms with Crippen LogP contribution >= 0.6 is 0 Å². The van der Waals surface area contributed by atoms with Crippen LogP contribution in [0.3, 0.4) is 0 Å². The van der Waals surface area contributed by atoms with E-state index in [-0.39, 0.29) is 12.2 Å². The average Bonchev–Trinajstić information content (AvgIpc) is 2.18. The van der Waals surface area contributed by atoms with E-state index in [0.29, 0.717) is 13.0 Å². The monoisotopic (exact) mass is 208 g/mol. The number of aliphatic hydroxyl groups is 1. The van der Waals surface area contributed by atoms with Crippen molar-refractivity contribution < 1.29 is 9.84 Å². The zero-order valence-corrected chi connectivity index (χ0v) is 9.79. The van der Waals surface area contributed by atoms with Crippen molar-refractivity contribution in [3.05, 3.63) is 35.4 Å². The van der Waals surface area contributed by atoms with Crippen LogP contribution in [0.1, 0.15) is 31.4 Å². The van der Waals surface area contributed by atoms with Crippen LogP contribution < -0.4 is 0 Å². The van der Waals surface area contributed by atoms with Gasteiger partial charge in [-0.1, -0.05) is 29.8 Å². The molecular weight excluding hydrogens is 188 g/mol. The number of hydrogen-bond donors (Lipinski definition) is 1. The molecule has 0 unspecified atom stereocenters. The summed E-state index contributed by atoms with van der Waals surface area (Å²) in [4.78, 5) is 0.